The van der Waals surface area contributed by atoms with Gasteiger partial charge >= 0.3 is 5.97 Å². The van der Waals surface area contributed by atoms with Crippen molar-refractivity contribution < 1.29 is 19.1 Å². The van der Waals surface area contributed by atoms with Crippen LogP contribution in [0.1, 0.15) is 26.7 Å². The number of carbonyl (C=O) groups excluding carboxylic acids is 2. The summed E-state index contributed by atoms with van der Waals surface area (Å²) in [4.78, 5) is 24.4. The lowest BCUT2D eigenvalue weighted by molar-refractivity contribution is -0.160. The zero-order valence-electron chi connectivity index (χ0n) is 9.80. The van der Waals surface area contributed by atoms with Crippen LogP contribution in [0.4, 0.5) is 0 Å². The van der Waals surface area contributed by atoms with Gasteiger partial charge in [0, 0.05) is 14.0 Å². The average Bonchev–Trinajstić information content (AvgIpc) is 2.74. The van der Waals surface area contributed by atoms with E-state index in [0.717, 1.165) is 12.8 Å². The van der Waals surface area contributed by atoms with Gasteiger partial charge in [0.15, 0.2) is 0 Å². The Morgan fingerprint density at radius 1 is 1.62 bits per heavy atom. The number of likely N-dealkylation sites (N-methyl/N-ethyl adjacent to an activating group) is 1. The van der Waals surface area contributed by atoms with E-state index in [1.807, 2.05) is 6.92 Å². The fourth-order valence-electron chi connectivity index (χ4n) is 2.49. The highest BCUT2D eigenvalue weighted by molar-refractivity contribution is 5.86. The molecule has 0 saturated carbocycles. The molecule has 3 unspecified atom stereocenters. The monoisotopic (exact) mass is 227 g/mol. The minimum absolute atomic E-state index is 0.0572. The average molecular weight is 227 g/mol. The molecular weight excluding hydrogens is 210 g/mol. The molecule has 0 radical (unpaired) electrons. The van der Waals surface area contributed by atoms with Crippen molar-refractivity contribution in [3.05, 3.63) is 0 Å². The Kier molecular flexibility index (Phi) is 2.88. The summed E-state index contributed by atoms with van der Waals surface area (Å²) in [6, 6.07) is 0.0572. The number of carbonyl (C=O) groups is 2. The van der Waals surface area contributed by atoms with Crippen molar-refractivity contribution in [2.45, 2.75) is 51.0 Å². The summed E-state index contributed by atoms with van der Waals surface area (Å²) >= 11 is 0. The normalized spacial score (nSPS) is 37.7. The number of likely N-dealkylation sites (tertiary alicyclic amines) is 1. The molecule has 0 aliphatic carbocycles. The van der Waals surface area contributed by atoms with Gasteiger partial charge in [-0.15, -0.1) is 0 Å². The summed E-state index contributed by atoms with van der Waals surface area (Å²) < 4.78 is 10.8. The zero-order chi connectivity index (χ0) is 11.9. The van der Waals surface area contributed by atoms with Crippen molar-refractivity contribution >= 4 is 11.9 Å². The van der Waals surface area contributed by atoms with Crippen LogP contribution in [0, 0.1) is 0 Å². The van der Waals surface area contributed by atoms with Crippen LogP contribution in [0.5, 0.6) is 0 Å². The lowest BCUT2D eigenvalue weighted by atomic mass is 10.1. The van der Waals surface area contributed by atoms with E-state index in [-0.39, 0.29) is 24.2 Å². The molecule has 0 aromatic heterocycles. The fourth-order valence-corrected chi connectivity index (χ4v) is 2.49. The highest BCUT2D eigenvalue weighted by Gasteiger charge is 2.54. The van der Waals surface area contributed by atoms with E-state index in [0.29, 0.717) is 0 Å². The van der Waals surface area contributed by atoms with Crippen LogP contribution >= 0.6 is 0 Å². The van der Waals surface area contributed by atoms with Gasteiger partial charge in [-0.05, 0) is 12.8 Å². The standard InChI is InChI=1S/C11H17NO4/c1-4-7-5-8-9(16-7)10(15-6(2)13)11(14)12(8)3/h7-10H,4-5H2,1-3H3/t7?,8-,9?,10?/m0/s1. The largest absolute Gasteiger partial charge is 0.450 e. The summed E-state index contributed by atoms with van der Waals surface area (Å²) in [6.07, 6.45) is 0.891. The quantitative estimate of drug-likeness (QED) is 0.638. The molecule has 90 valence electrons. The maximum absolute atomic E-state index is 11.8. The van der Waals surface area contributed by atoms with Crippen LogP contribution in [0.3, 0.4) is 0 Å². The summed E-state index contributed by atoms with van der Waals surface area (Å²) in [6.45, 7) is 3.36. The van der Waals surface area contributed by atoms with Gasteiger partial charge in [0.25, 0.3) is 5.91 Å². The van der Waals surface area contributed by atoms with E-state index in [4.69, 9.17) is 9.47 Å². The zero-order valence-corrected chi connectivity index (χ0v) is 9.80. The topological polar surface area (TPSA) is 55.8 Å². The number of hydrogen-bond acceptors (Lipinski definition) is 4. The van der Waals surface area contributed by atoms with Crippen LogP contribution in [0.25, 0.3) is 0 Å². The molecule has 2 heterocycles. The molecule has 0 spiro atoms. The lowest BCUT2D eigenvalue weighted by Crippen LogP contribution is -2.35. The molecule has 4 atom stereocenters. The molecule has 0 aromatic rings. The first-order chi connectivity index (χ1) is 7.54. The van der Waals surface area contributed by atoms with Gasteiger partial charge < -0.3 is 14.4 Å². The third-order valence-electron chi connectivity index (χ3n) is 3.37. The minimum Gasteiger partial charge on any atom is -0.450 e. The summed E-state index contributed by atoms with van der Waals surface area (Å²) in [5.41, 5.74) is 0. The van der Waals surface area contributed by atoms with Crippen molar-refractivity contribution in [3.63, 3.8) is 0 Å². The number of amides is 1. The molecule has 1 amide bonds. The fraction of sp³-hybridized carbons (Fsp3) is 0.818. The Labute approximate surface area is 94.7 Å². The molecule has 2 aliphatic rings. The van der Waals surface area contributed by atoms with E-state index in [9.17, 15) is 9.59 Å². The van der Waals surface area contributed by atoms with E-state index >= 15 is 0 Å². The minimum atomic E-state index is -0.746. The molecule has 0 aromatic carbocycles. The number of esters is 1. The third-order valence-corrected chi connectivity index (χ3v) is 3.37. The SMILES string of the molecule is CCC1C[C@H]2C(O1)C(OC(C)=O)C(=O)N2C. The van der Waals surface area contributed by atoms with Crippen LogP contribution in [0.15, 0.2) is 0 Å². The Balaban J connectivity index is 2.14. The second-order valence-electron chi connectivity index (χ2n) is 4.41. The molecule has 0 bridgehead atoms. The molecule has 0 N–H and O–H groups in total. The predicted molar refractivity (Wildman–Crippen MR) is 55.7 cm³/mol. The van der Waals surface area contributed by atoms with Gasteiger partial charge in [-0.3, -0.25) is 9.59 Å². The van der Waals surface area contributed by atoms with Gasteiger partial charge in [-0.1, -0.05) is 6.92 Å². The molecule has 2 aliphatic heterocycles. The lowest BCUT2D eigenvalue weighted by Gasteiger charge is -2.17. The number of hydrogen-bond donors (Lipinski definition) is 0. The van der Waals surface area contributed by atoms with Crippen LogP contribution in [-0.4, -0.2) is 48.2 Å². The third kappa shape index (κ3) is 1.69. The smallest absolute Gasteiger partial charge is 0.303 e. The molecule has 2 fully saturated rings. The Bertz CT molecular complexity index is 317. The van der Waals surface area contributed by atoms with Crippen LogP contribution < -0.4 is 0 Å². The van der Waals surface area contributed by atoms with E-state index in [1.54, 1.807) is 11.9 Å². The molecule has 5 nitrogen and oxygen atoms in total. The number of rotatable bonds is 2. The maximum Gasteiger partial charge on any atom is 0.303 e. The van der Waals surface area contributed by atoms with Gasteiger partial charge in [0.05, 0.1) is 12.1 Å². The molecule has 5 heteroatoms. The summed E-state index contributed by atoms with van der Waals surface area (Å²) in [5.74, 6) is -0.587. The van der Waals surface area contributed by atoms with Crippen LogP contribution in [0.2, 0.25) is 0 Å². The molecule has 2 rings (SSSR count). The molecule has 16 heavy (non-hydrogen) atoms. The predicted octanol–water partition coefficient (Wildman–Crippen LogP) is 0.326. The first kappa shape index (κ1) is 11.4. The summed E-state index contributed by atoms with van der Waals surface area (Å²) in [7, 11) is 1.74. The summed E-state index contributed by atoms with van der Waals surface area (Å²) in [5, 5.41) is 0. The van der Waals surface area contributed by atoms with Crippen molar-refractivity contribution in [2.24, 2.45) is 0 Å². The first-order valence-corrected chi connectivity index (χ1v) is 5.64. The van der Waals surface area contributed by atoms with Gasteiger partial charge in [-0.25, -0.2) is 0 Å². The molecule has 2 saturated heterocycles. The van der Waals surface area contributed by atoms with Crippen molar-refractivity contribution in [2.75, 3.05) is 7.05 Å². The Morgan fingerprint density at radius 3 is 2.88 bits per heavy atom. The Hall–Kier alpha value is -1.10. The van der Waals surface area contributed by atoms with E-state index in [2.05, 4.69) is 0 Å². The highest BCUT2D eigenvalue weighted by Crippen LogP contribution is 2.35. The number of fused-ring (bicyclic) bond motifs is 1. The molecular formula is C11H17NO4. The van der Waals surface area contributed by atoms with Gasteiger partial charge in [0.1, 0.15) is 6.10 Å². The van der Waals surface area contributed by atoms with Crippen molar-refractivity contribution in [3.8, 4) is 0 Å². The second-order valence-corrected chi connectivity index (χ2v) is 4.41. The van der Waals surface area contributed by atoms with E-state index in [1.165, 1.54) is 6.92 Å². The van der Waals surface area contributed by atoms with Crippen LogP contribution in [-0.2, 0) is 19.1 Å². The maximum atomic E-state index is 11.8. The van der Waals surface area contributed by atoms with E-state index < -0.39 is 12.1 Å². The highest BCUT2D eigenvalue weighted by atomic mass is 16.6. The Morgan fingerprint density at radius 2 is 2.31 bits per heavy atom. The number of ether oxygens (including phenoxy) is 2. The van der Waals surface area contributed by atoms with Crippen molar-refractivity contribution in [1.82, 2.24) is 4.90 Å². The van der Waals surface area contributed by atoms with Crippen molar-refractivity contribution in [1.29, 1.82) is 0 Å². The second kappa shape index (κ2) is 4.05. The van der Waals surface area contributed by atoms with Gasteiger partial charge in [0.2, 0.25) is 6.10 Å². The first-order valence-electron chi connectivity index (χ1n) is 5.64. The van der Waals surface area contributed by atoms with Gasteiger partial charge in [-0.2, -0.15) is 0 Å². The number of nitrogens with zero attached hydrogens (tertiary/aromatic N) is 1.